The minimum atomic E-state index is -0.579. The molecule has 10 nitrogen and oxygen atoms in total. The highest BCUT2D eigenvalue weighted by atomic mass is 16.7. The van der Waals surface area contributed by atoms with E-state index >= 15 is 0 Å². The lowest BCUT2D eigenvalue weighted by Crippen LogP contribution is -2.29. The quantitative estimate of drug-likeness (QED) is 0.251. The highest BCUT2D eigenvalue weighted by molar-refractivity contribution is 6.04. The molecule has 0 saturated carbocycles. The Kier molecular flexibility index (Phi) is 8.21. The second kappa shape index (κ2) is 12.5. The second-order valence-corrected chi connectivity index (χ2v) is 10.4. The molecule has 43 heavy (non-hydrogen) atoms. The lowest BCUT2D eigenvalue weighted by atomic mass is 9.98. The summed E-state index contributed by atoms with van der Waals surface area (Å²) in [7, 11) is 1.72. The van der Waals surface area contributed by atoms with Gasteiger partial charge in [-0.3, -0.25) is 9.59 Å². The molecule has 0 atom stereocenters. The number of aryl methyl sites for hydroxylation is 1. The molecule has 1 aliphatic carbocycles. The van der Waals surface area contributed by atoms with Gasteiger partial charge in [0.25, 0.3) is 5.91 Å². The first-order valence-electron chi connectivity index (χ1n) is 14.2. The van der Waals surface area contributed by atoms with Crippen LogP contribution >= 0.6 is 0 Å². The van der Waals surface area contributed by atoms with E-state index in [0.717, 1.165) is 27.8 Å². The molecular weight excluding hydrogens is 548 g/mol. The molecule has 0 bridgehead atoms. The molecule has 3 amide bonds. The Morgan fingerprint density at radius 1 is 0.860 bits per heavy atom. The first-order valence-corrected chi connectivity index (χ1v) is 14.2. The molecule has 1 aliphatic heterocycles. The lowest BCUT2D eigenvalue weighted by Gasteiger charge is -2.14. The van der Waals surface area contributed by atoms with Crippen LogP contribution in [0.5, 0.6) is 0 Å². The Bertz CT molecular complexity index is 1600. The number of nitrogens with zero attached hydrogens (tertiary/aromatic N) is 1. The summed E-state index contributed by atoms with van der Waals surface area (Å²) in [4.78, 5) is 37.8. The number of hydrogen-bond acceptors (Lipinski definition) is 6. The molecule has 0 spiro atoms. The largest absolute Gasteiger partial charge is 0.449 e. The molecular formula is C33H32N4O6. The number of benzene rings is 3. The minimum Gasteiger partial charge on any atom is -0.449 e. The van der Waals surface area contributed by atoms with Gasteiger partial charge in [-0.1, -0.05) is 60.7 Å². The molecule has 0 unspecified atom stereocenters. The topological polar surface area (TPSA) is 120 Å². The summed E-state index contributed by atoms with van der Waals surface area (Å²) < 4.78 is 18.1. The Balaban J connectivity index is 0.952. The van der Waals surface area contributed by atoms with Crippen LogP contribution in [0.15, 0.2) is 85.1 Å². The third kappa shape index (κ3) is 6.30. The average molecular weight is 581 g/mol. The molecule has 2 heterocycles. The van der Waals surface area contributed by atoms with Crippen molar-refractivity contribution in [3.05, 3.63) is 107 Å². The van der Waals surface area contributed by atoms with Crippen LogP contribution in [0.1, 0.15) is 45.8 Å². The third-order valence-corrected chi connectivity index (χ3v) is 7.55. The van der Waals surface area contributed by atoms with Crippen LogP contribution < -0.4 is 16.0 Å². The van der Waals surface area contributed by atoms with E-state index in [2.05, 4.69) is 40.2 Å². The number of alkyl carbamates (subject to hydrolysis) is 1. The summed E-state index contributed by atoms with van der Waals surface area (Å²) in [5.41, 5.74) is 6.94. The van der Waals surface area contributed by atoms with Gasteiger partial charge >= 0.3 is 6.09 Å². The van der Waals surface area contributed by atoms with Crippen molar-refractivity contribution >= 4 is 29.3 Å². The van der Waals surface area contributed by atoms with E-state index in [4.69, 9.17) is 14.2 Å². The number of rotatable bonds is 9. The maximum atomic E-state index is 12.9. The number of fused-ring (bicyclic) bond motifs is 3. The summed E-state index contributed by atoms with van der Waals surface area (Å²) in [6, 6.07) is 25.1. The van der Waals surface area contributed by atoms with Gasteiger partial charge in [0.2, 0.25) is 5.91 Å². The molecule has 3 N–H and O–H groups in total. The number of carbonyl (C=O) groups excluding carboxylic acids is 3. The van der Waals surface area contributed by atoms with Crippen LogP contribution in [0.25, 0.3) is 11.1 Å². The zero-order valence-corrected chi connectivity index (χ0v) is 23.7. The Hall–Kier alpha value is -4.93. The number of aromatic nitrogens is 1. The van der Waals surface area contributed by atoms with Crippen molar-refractivity contribution < 1.29 is 28.6 Å². The van der Waals surface area contributed by atoms with Gasteiger partial charge in [-0.25, -0.2) is 4.79 Å². The predicted octanol–water partition coefficient (Wildman–Crippen LogP) is 5.19. The maximum Gasteiger partial charge on any atom is 0.407 e. The first kappa shape index (κ1) is 28.2. The summed E-state index contributed by atoms with van der Waals surface area (Å²) in [5, 5.41) is 8.28. The molecule has 4 aromatic rings. The molecule has 1 aromatic heterocycles. The molecule has 220 valence electrons. The van der Waals surface area contributed by atoms with E-state index in [1.807, 2.05) is 36.4 Å². The fourth-order valence-electron chi connectivity index (χ4n) is 5.48. The summed E-state index contributed by atoms with van der Waals surface area (Å²) >= 11 is 0. The monoisotopic (exact) mass is 580 g/mol. The maximum absolute atomic E-state index is 12.9. The summed E-state index contributed by atoms with van der Waals surface area (Å²) in [5.74, 6) is -0.657. The molecule has 3 aromatic carbocycles. The highest BCUT2D eigenvalue weighted by Gasteiger charge is 2.29. The van der Waals surface area contributed by atoms with Gasteiger partial charge in [-0.2, -0.15) is 0 Å². The molecule has 1 fully saturated rings. The normalized spacial score (nSPS) is 14.2. The van der Waals surface area contributed by atoms with E-state index in [1.165, 1.54) is 0 Å². The minimum absolute atomic E-state index is 0.0357. The van der Waals surface area contributed by atoms with Crippen molar-refractivity contribution in [3.63, 3.8) is 0 Å². The van der Waals surface area contributed by atoms with Crippen molar-refractivity contribution in [2.45, 2.75) is 18.6 Å². The standard InChI is InChI=1S/C33H32N4O6/c1-37-19-23(18-29(37)31(39)36-22-12-10-21(11-13-22)32-41-16-17-42-32)35-30(38)14-15-34-33(40)43-20-28-26-8-4-2-6-24(26)25-7-3-5-9-27(25)28/h2-13,18-19,28,32H,14-17,20H2,1H3,(H,34,40)(H,35,38)(H,36,39). The second-order valence-electron chi connectivity index (χ2n) is 10.4. The summed E-state index contributed by atoms with van der Waals surface area (Å²) in [6.07, 6.45) is 0.743. The average Bonchev–Trinajstić information content (AvgIpc) is 3.75. The van der Waals surface area contributed by atoms with Crippen LogP contribution in [-0.4, -0.2) is 48.8 Å². The number of nitrogens with one attached hydrogen (secondary N) is 3. The van der Waals surface area contributed by atoms with Gasteiger partial charge in [0.15, 0.2) is 6.29 Å². The van der Waals surface area contributed by atoms with Crippen molar-refractivity contribution in [2.24, 2.45) is 7.05 Å². The molecule has 0 radical (unpaired) electrons. The fourth-order valence-corrected chi connectivity index (χ4v) is 5.48. The lowest BCUT2D eigenvalue weighted by molar-refractivity contribution is -0.116. The summed E-state index contributed by atoms with van der Waals surface area (Å²) in [6.45, 7) is 1.43. The van der Waals surface area contributed by atoms with Gasteiger partial charge in [-0.15, -0.1) is 0 Å². The Morgan fingerprint density at radius 3 is 2.19 bits per heavy atom. The number of carbonyl (C=O) groups is 3. The molecule has 1 saturated heterocycles. The van der Waals surface area contributed by atoms with E-state index in [1.54, 1.807) is 36.0 Å². The Labute approximate surface area is 248 Å². The number of hydrogen-bond donors (Lipinski definition) is 3. The fraction of sp³-hybridized carbons (Fsp3) is 0.242. The number of ether oxygens (including phenoxy) is 3. The van der Waals surface area contributed by atoms with Crippen LogP contribution in [0.2, 0.25) is 0 Å². The van der Waals surface area contributed by atoms with Crippen LogP contribution in [-0.2, 0) is 26.1 Å². The molecule has 10 heteroatoms. The van der Waals surface area contributed by atoms with E-state index < -0.39 is 6.09 Å². The zero-order valence-electron chi connectivity index (χ0n) is 23.7. The van der Waals surface area contributed by atoms with Crippen LogP contribution in [0.4, 0.5) is 16.2 Å². The predicted molar refractivity (Wildman–Crippen MR) is 161 cm³/mol. The Morgan fingerprint density at radius 2 is 1.51 bits per heavy atom. The molecule has 6 rings (SSSR count). The van der Waals surface area contributed by atoms with Gasteiger partial charge in [-0.05, 0) is 40.5 Å². The van der Waals surface area contributed by atoms with Crippen molar-refractivity contribution in [1.82, 2.24) is 9.88 Å². The SMILES string of the molecule is Cn1cc(NC(=O)CCNC(=O)OCC2c3ccccc3-c3ccccc32)cc1C(=O)Nc1ccc(C2OCCO2)cc1. The zero-order chi connectivity index (χ0) is 29.8. The van der Waals surface area contributed by atoms with Crippen LogP contribution in [0.3, 0.4) is 0 Å². The van der Waals surface area contributed by atoms with Gasteiger partial charge in [0.1, 0.15) is 12.3 Å². The van der Waals surface area contributed by atoms with Gasteiger partial charge in [0.05, 0.1) is 18.9 Å². The first-order chi connectivity index (χ1) is 21.0. The van der Waals surface area contributed by atoms with Crippen LogP contribution in [0, 0.1) is 0 Å². The third-order valence-electron chi connectivity index (χ3n) is 7.55. The smallest absolute Gasteiger partial charge is 0.407 e. The van der Waals surface area contributed by atoms with Crippen molar-refractivity contribution in [2.75, 3.05) is 37.0 Å². The number of anilines is 2. The van der Waals surface area contributed by atoms with Gasteiger partial charge < -0.3 is 34.7 Å². The number of amides is 3. The van der Waals surface area contributed by atoms with Crippen molar-refractivity contribution in [1.29, 1.82) is 0 Å². The highest BCUT2D eigenvalue weighted by Crippen LogP contribution is 2.44. The van der Waals surface area contributed by atoms with E-state index in [-0.39, 0.29) is 43.6 Å². The molecule has 2 aliphatic rings. The van der Waals surface area contributed by atoms with E-state index in [9.17, 15) is 14.4 Å². The van der Waals surface area contributed by atoms with E-state index in [0.29, 0.717) is 30.3 Å². The van der Waals surface area contributed by atoms with Gasteiger partial charge in [0, 0.05) is 43.4 Å². The van der Waals surface area contributed by atoms with Crippen molar-refractivity contribution in [3.8, 4) is 11.1 Å².